The average Bonchev–Trinajstić information content (AvgIpc) is 2.28. The molecular formula is C14H23FN2O. The van der Waals surface area contributed by atoms with E-state index in [-0.39, 0.29) is 18.0 Å². The van der Waals surface area contributed by atoms with Crippen LogP contribution in [-0.4, -0.2) is 26.3 Å². The minimum absolute atomic E-state index is 0.191. The van der Waals surface area contributed by atoms with Crippen LogP contribution in [-0.2, 0) is 4.74 Å². The van der Waals surface area contributed by atoms with Crippen LogP contribution in [0.3, 0.4) is 0 Å². The first kappa shape index (κ1) is 14.9. The molecule has 1 rings (SSSR count). The molecule has 0 spiro atoms. The van der Waals surface area contributed by atoms with Gasteiger partial charge in [0.25, 0.3) is 0 Å². The lowest BCUT2D eigenvalue weighted by atomic mass is 10.1. The molecule has 4 heteroatoms. The van der Waals surface area contributed by atoms with E-state index in [9.17, 15) is 4.39 Å². The number of rotatable bonds is 6. The number of hydrogen-bond donors (Lipinski definition) is 1. The van der Waals surface area contributed by atoms with Crippen LogP contribution in [0.1, 0.15) is 32.4 Å². The molecule has 0 aliphatic rings. The summed E-state index contributed by atoms with van der Waals surface area (Å²) in [7, 11) is 1.96. The first-order valence-electron chi connectivity index (χ1n) is 6.29. The van der Waals surface area contributed by atoms with Gasteiger partial charge in [-0.1, -0.05) is 0 Å². The normalized spacial score (nSPS) is 12.8. The third-order valence-electron chi connectivity index (χ3n) is 2.77. The van der Waals surface area contributed by atoms with Crippen LogP contribution in [0, 0.1) is 5.82 Å². The summed E-state index contributed by atoms with van der Waals surface area (Å²) in [6.45, 7) is 7.26. The van der Waals surface area contributed by atoms with Crippen LogP contribution in [0.5, 0.6) is 0 Å². The second-order valence-corrected chi connectivity index (χ2v) is 4.83. The SMILES string of the molecule is CC(C)OCCN(C)c1ccc(F)cc1[C@H](C)N. The Kier molecular flexibility index (Phi) is 5.56. The molecule has 0 aromatic heterocycles. The van der Waals surface area contributed by atoms with E-state index >= 15 is 0 Å². The van der Waals surface area contributed by atoms with Crippen molar-refractivity contribution >= 4 is 5.69 Å². The highest BCUT2D eigenvalue weighted by atomic mass is 19.1. The zero-order chi connectivity index (χ0) is 13.7. The van der Waals surface area contributed by atoms with Gasteiger partial charge >= 0.3 is 0 Å². The molecule has 0 bridgehead atoms. The molecule has 1 aromatic rings. The van der Waals surface area contributed by atoms with Crippen LogP contribution in [0.15, 0.2) is 18.2 Å². The standard InChI is InChI=1S/C14H23FN2O/c1-10(2)18-8-7-17(4)14-6-5-12(15)9-13(14)11(3)16/h5-6,9-11H,7-8,16H2,1-4H3/t11-/m0/s1. The van der Waals surface area contributed by atoms with E-state index in [0.717, 1.165) is 17.8 Å². The maximum Gasteiger partial charge on any atom is 0.123 e. The van der Waals surface area contributed by atoms with Gasteiger partial charge in [-0.3, -0.25) is 0 Å². The van der Waals surface area contributed by atoms with E-state index in [1.54, 1.807) is 6.07 Å². The molecule has 0 saturated heterocycles. The number of hydrogen-bond acceptors (Lipinski definition) is 3. The molecule has 2 N–H and O–H groups in total. The lowest BCUT2D eigenvalue weighted by molar-refractivity contribution is 0.0846. The minimum Gasteiger partial charge on any atom is -0.377 e. The van der Waals surface area contributed by atoms with Gasteiger partial charge in [0, 0.05) is 25.3 Å². The molecule has 3 nitrogen and oxygen atoms in total. The molecule has 0 aliphatic heterocycles. The summed E-state index contributed by atoms with van der Waals surface area (Å²) >= 11 is 0. The lowest BCUT2D eigenvalue weighted by Crippen LogP contribution is -2.26. The van der Waals surface area contributed by atoms with E-state index in [1.165, 1.54) is 12.1 Å². The third kappa shape index (κ3) is 4.27. The fourth-order valence-corrected chi connectivity index (χ4v) is 1.78. The summed E-state index contributed by atoms with van der Waals surface area (Å²) in [6.07, 6.45) is 0.222. The quantitative estimate of drug-likeness (QED) is 0.848. The number of halogens is 1. The number of ether oxygens (including phenoxy) is 1. The van der Waals surface area contributed by atoms with Gasteiger partial charge in [0.15, 0.2) is 0 Å². The summed E-state index contributed by atoms with van der Waals surface area (Å²) in [5.41, 5.74) is 7.65. The number of nitrogens with two attached hydrogens (primary N) is 1. The fourth-order valence-electron chi connectivity index (χ4n) is 1.78. The fraction of sp³-hybridized carbons (Fsp3) is 0.571. The van der Waals surface area contributed by atoms with E-state index in [0.29, 0.717) is 6.61 Å². The van der Waals surface area contributed by atoms with Crippen molar-refractivity contribution in [2.45, 2.75) is 32.9 Å². The zero-order valence-corrected chi connectivity index (χ0v) is 11.6. The third-order valence-corrected chi connectivity index (χ3v) is 2.77. The minimum atomic E-state index is -0.252. The predicted molar refractivity (Wildman–Crippen MR) is 73.4 cm³/mol. The van der Waals surface area contributed by atoms with Crippen molar-refractivity contribution in [3.63, 3.8) is 0 Å². The van der Waals surface area contributed by atoms with Gasteiger partial charge in [0.2, 0.25) is 0 Å². The maximum absolute atomic E-state index is 13.2. The van der Waals surface area contributed by atoms with E-state index in [1.807, 2.05) is 32.7 Å². The largest absolute Gasteiger partial charge is 0.377 e. The first-order valence-corrected chi connectivity index (χ1v) is 6.29. The van der Waals surface area contributed by atoms with Crippen molar-refractivity contribution in [2.24, 2.45) is 5.73 Å². The summed E-state index contributed by atoms with van der Waals surface area (Å²) in [5.74, 6) is -0.252. The molecule has 0 fully saturated rings. The van der Waals surface area contributed by atoms with Crippen molar-refractivity contribution in [1.29, 1.82) is 0 Å². The van der Waals surface area contributed by atoms with E-state index in [2.05, 4.69) is 0 Å². The highest BCUT2D eigenvalue weighted by Gasteiger charge is 2.12. The molecule has 0 radical (unpaired) electrons. The molecule has 0 amide bonds. The summed E-state index contributed by atoms with van der Waals surface area (Å²) in [4.78, 5) is 2.04. The Morgan fingerprint density at radius 1 is 1.33 bits per heavy atom. The van der Waals surface area contributed by atoms with Crippen molar-refractivity contribution in [3.8, 4) is 0 Å². The van der Waals surface area contributed by atoms with Crippen LogP contribution >= 0.6 is 0 Å². The molecule has 0 aliphatic carbocycles. The molecule has 1 atom stereocenters. The van der Waals surface area contributed by atoms with Gasteiger partial charge in [-0.05, 0) is 44.5 Å². The van der Waals surface area contributed by atoms with Gasteiger partial charge in [-0.15, -0.1) is 0 Å². The Hall–Kier alpha value is -1.13. The van der Waals surface area contributed by atoms with Crippen LogP contribution < -0.4 is 10.6 Å². The second-order valence-electron chi connectivity index (χ2n) is 4.83. The van der Waals surface area contributed by atoms with Gasteiger partial charge in [0.1, 0.15) is 5.82 Å². The molecular weight excluding hydrogens is 231 g/mol. The number of likely N-dealkylation sites (N-methyl/N-ethyl adjacent to an activating group) is 1. The van der Waals surface area contributed by atoms with Gasteiger partial charge in [0.05, 0.1) is 12.7 Å². The summed E-state index contributed by atoms with van der Waals surface area (Å²) in [5, 5.41) is 0. The Morgan fingerprint density at radius 2 is 2.00 bits per heavy atom. The molecule has 0 heterocycles. The van der Waals surface area contributed by atoms with Gasteiger partial charge in [-0.2, -0.15) is 0 Å². The van der Waals surface area contributed by atoms with Crippen molar-refractivity contribution in [3.05, 3.63) is 29.6 Å². The zero-order valence-electron chi connectivity index (χ0n) is 11.6. The maximum atomic E-state index is 13.2. The smallest absolute Gasteiger partial charge is 0.123 e. The first-order chi connectivity index (χ1) is 8.41. The topological polar surface area (TPSA) is 38.5 Å². The molecule has 1 aromatic carbocycles. The molecule has 102 valence electrons. The Balaban J connectivity index is 2.75. The highest BCUT2D eigenvalue weighted by molar-refractivity contribution is 5.54. The van der Waals surface area contributed by atoms with Crippen LogP contribution in [0.4, 0.5) is 10.1 Å². The Labute approximate surface area is 109 Å². The van der Waals surface area contributed by atoms with Crippen molar-refractivity contribution < 1.29 is 9.13 Å². The van der Waals surface area contributed by atoms with E-state index in [4.69, 9.17) is 10.5 Å². The number of benzene rings is 1. The highest BCUT2D eigenvalue weighted by Crippen LogP contribution is 2.25. The second kappa shape index (κ2) is 6.71. The van der Waals surface area contributed by atoms with Crippen molar-refractivity contribution in [2.75, 3.05) is 25.1 Å². The number of anilines is 1. The van der Waals surface area contributed by atoms with Gasteiger partial charge < -0.3 is 15.4 Å². The summed E-state index contributed by atoms with van der Waals surface area (Å²) < 4.78 is 18.7. The Bertz CT molecular complexity index is 380. The summed E-state index contributed by atoms with van der Waals surface area (Å²) in [6, 6.07) is 4.54. The molecule has 0 unspecified atom stereocenters. The van der Waals surface area contributed by atoms with Crippen LogP contribution in [0.2, 0.25) is 0 Å². The van der Waals surface area contributed by atoms with E-state index < -0.39 is 0 Å². The lowest BCUT2D eigenvalue weighted by Gasteiger charge is -2.24. The average molecular weight is 254 g/mol. The monoisotopic (exact) mass is 254 g/mol. The molecule has 18 heavy (non-hydrogen) atoms. The van der Waals surface area contributed by atoms with Gasteiger partial charge in [-0.25, -0.2) is 4.39 Å². The molecule has 0 saturated carbocycles. The number of nitrogens with zero attached hydrogens (tertiary/aromatic N) is 1. The Morgan fingerprint density at radius 3 is 2.56 bits per heavy atom. The van der Waals surface area contributed by atoms with Crippen molar-refractivity contribution in [1.82, 2.24) is 0 Å². The van der Waals surface area contributed by atoms with Crippen LogP contribution in [0.25, 0.3) is 0 Å². The predicted octanol–water partition coefficient (Wildman–Crippen LogP) is 2.71.